The molecule has 3 nitrogen and oxygen atoms in total. The zero-order valence-electron chi connectivity index (χ0n) is 7.83. The van der Waals surface area contributed by atoms with Gasteiger partial charge in [0.05, 0.1) is 6.04 Å². The van der Waals surface area contributed by atoms with Crippen molar-refractivity contribution >= 4 is 21.8 Å². The highest BCUT2D eigenvalue weighted by Crippen LogP contribution is 2.32. The van der Waals surface area contributed by atoms with Gasteiger partial charge in [0.25, 0.3) is 5.91 Å². The molecule has 0 saturated heterocycles. The average Bonchev–Trinajstić information content (AvgIpc) is 2.41. The molecule has 1 aliphatic heterocycles. The molecule has 1 aromatic carbocycles. The molecular weight excluding hydrogens is 244 g/mol. The van der Waals surface area contributed by atoms with Crippen molar-refractivity contribution in [1.82, 2.24) is 4.90 Å². The lowest BCUT2D eigenvalue weighted by Gasteiger charge is -2.18. The van der Waals surface area contributed by atoms with Gasteiger partial charge in [0.1, 0.15) is 0 Å². The van der Waals surface area contributed by atoms with Gasteiger partial charge in [0.2, 0.25) is 0 Å². The molecule has 0 bridgehead atoms. The lowest BCUT2D eigenvalue weighted by Crippen LogP contribution is -2.28. The average molecular weight is 255 g/mol. The van der Waals surface area contributed by atoms with Gasteiger partial charge in [-0.3, -0.25) is 4.79 Å². The summed E-state index contributed by atoms with van der Waals surface area (Å²) in [5.41, 5.74) is 7.43. The van der Waals surface area contributed by atoms with Crippen LogP contribution in [0.4, 0.5) is 0 Å². The van der Waals surface area contributed by atoms with Crippen molar-refractivity contribution in [2.75, 3.05) is 13.6 Å². The molecule has 0 aromatic heterocycles. The molecule has 0 saturated carbocycles. The minimum absolute atomic E-state index is 0.0330. The van der Waals surface area contributed by atoms with Crippen LogP contribution in [0, 0.1) is 0 Å². The number of carbonyl (C=O) groups excluding carboxylic acids is 1. The summed E-state index contributed by atoms with van der Waals surface area (Å²) in [5.74, 6) is 0.0525. The summed E-state index contributed by atoms with van der Waals surface area (Å²) < 4.78 is 0.927. The maximum absolute atomic E-state index is 11.8. The number of halogens is 1. The normalized spacial score (nSPS) is 20.1. The summed E-state index contributed by atoms with van der Waals surface area (Å²) in [7, 11) is 1.79. The van der Waals surface area contributed by atoms with Crippen LogP contribution in [0.1, 0.15) is 22.0 Å². The molecule has 1 atom stereocenters. The molecule has 4 heteroatoms. The van der Waals surface area contributed by atoms with Gasteiger partial charge in [0, 0.05) is 23.6 Å². The quantitative estimate of drug-likeness (QED) is 0.827. The molecule has 2 rings (SSSR count). The van der Waals surface area contributed by atoms with Gasteiger partial charge in [0.15, 0.2) is 0 Å². The number of fused-ring (bicyclic) bond motifs is 1. The second-order valence-corrected chi connectivity index (χ2v) is 4.31. The summed E-state index contributed by atoms with van der Waals surface area (Å²) >= 11 is 3.35. The first-order chi connectivity index (χ1) is 6.65. The van der Waals surface area contributed by atoms with Crippen LogP contribution in [0.15, 0.2) is 22.7 Å². The Hall–Kier alpha value is -0.870. The zero-order valence-corrected chi connectivity index (χ0v) is 9.41. The summed E-state index contributed by atoms with van der Waals surface area (Å²) in [6, 6.07) is 5.78. The first-order valence-electron chi connectivity index (χ1n) is 4.42. The Morgan fingerprint density at radius 2 is 2.29 bits per heavy atom. The van der Waals surface area contributed by atoms with E-state index in [2.05, 4.69) is 15.9 Å². The van der Waals surface area contributed by atoms with E-state index in [1.807, 2.05) is 18.2 Å². The van der Waals surface area contributed by atoms with Crippen molar-refractivity contribution < 1.29 is 4.79 Å². The number of hydrogen-bond donors (Lipinski definition) is 1. The smallest absolute Gasteiger partial charge is 0.254 e. The Bertz CT molecular complexity index is 392. The Morgan fingerprint density at radius 1 is 1.57 bits per heavy atom. The van der Waals surface area contributed by atoms with E-state index in [9.17, 15) is 4.79 Å². The summed E-state index contributed by atoms with van der Waals surface area (Å²) in [4.78, 5) is 13.5. The van der Waals surface area contributed by atoms with Gasteiger partial charge < -0.3 is 10.6 Å². The Kier molecular flexibility index (Phi) is 2.33. The van der Waals surface area contributed by atoms with E-state index in [-0.39, 0.29) is 11.9 Å². The third-order valence-electron chi connectivity index (χ3n) is 2.62. The largest absolute Gasteiger partial charge is 0.333 e. The monoisotopic (exact) mass is 254 g/mol. The van der Waals surface area contributed by atoms with Gasteiger partial charge >= 0.3 is 0 Å². The van der Waals surface area contributed by atoms with E-state index in [1.165, 1.54) is 0 Å². The second-order valence-electron chi connectivity index (χ2n) is 3.40. The Labute approximate surface area is 91.0 Å². The van der Waals surface area contributed by atoms with Crippen LogP contribution >= 0.6 is 15.9 Å². The number of amides is 1. The number of carbonyl (C=O) groups is 1. The fourth-order valence-electron chi connectivity index (χ4n) is 1.83. The van der Waals surface area contributed by atoms with Crippen LogP contribution in [0.25, 0.3) is 0 Å². The van der Waals surface area contributed by atoms with Gasteiger partial charge in [-0.2, -0.15) is 0 Å². The Morgan fingerprint density at radius 3 is 2.93 bits per heavy atom. The van der Waals surface area contributed by atoms with E-state index >= 15 is 0 Å². The minimum atomic E-state index is 0.0330. The van der Waals surface area contributed by atoms with Gasteiger partial charge in [-0.25, -0.2) is 0 Å². The third-order valence-corrected chi connectivity index (χ3v) is 3.11. The third kappa shape index (κ3) is 1.26. The molecule has 1 aromatic rings. The van der Waals surface area contributed by atoms with Crippen LogP contribution in [-0.4, -0.2) is 24.4 Å². The van der Waals surface area contributed by atoms with Crippen LogP contribution in [0.3, 0.4) is 0 Å². The van der Waals surface area contributed by atoms with Gasteiger partial charge in [-0.1, -0.05) is 22.0 Å². The molecule has 0 aliphatic carbocycles. The molecule has 1 aliphatic rings. The van der Waals surface area contributed by atoms with Crippen LogP contribution in [0.5, 0.6) is 0 Å². The lowest BCUT2D eigenvalue weighted by atomic mass is 10.1. The maximum Gasteiger partial charge on any atom is 0.254 e. The second kappa shape index (κ2) is 3.37. The fourth-order valence-corrected chi connectivity index (χ4v) is 2.19. The molecular formula is C10H11BrN2O. The number of nitrogens with two attached hydrogens (primary N) is 1. The molecule has 0 fully saturated rings. The van der Waals surface area contributed by atoms with Crippen molar-refractivity contribution in [2.24, 2.45) is 5.73 Å². The zero-order chi connectivity index (χ0) is 10.3. The molecule has 74 valence electrons. The molecule has 0 spiro atoms. The van der Waals surface area contributed by atoms with E-state index in [4.69, 9.17) is 5.73 Å². The van der Waals surface area contributed by atoms with Crippen molar-refractivity contribution in [3.05, 3.63) is 33.8 Å². The van der Waals surface area contributed by atoms with Crippen molar-refractivity contribution in [1.29, 1.82) is 0 Å². The fraction of sp³-hybridized carbons (Fsp3) is 0.300. The number of likely N-dealkylation sites (N-methyl/N-ethyl adjacent to an activating group) is 1. The topological polar surface area (TPSA) is 46.3 Å². The number of rotatable bonds is 1. The molecule has 1 heterocycles. The minimum Gasteiger partial charge on any atom is -0.333 e. The molecule has 0 radical (unpaired) electrons. The first-order valence-corrected chi connectivity index (χ1v) is 5.21. The summed E-state index contributed by atoms with van der Waals surface area (Å²) in [6.07, 6.45) is 0. The Balaban J connectivity index is 2.55. The number of hydrogen-bond acceptors (Lipinski definition) is 2. The highest BCUT2D eigenvalue weighted by molar-refractivity contribution is 9.10. The van der Waals surface area contributed by atoms with Gasteiger partial charge in [-0.15, -0.1) is 0 Å². The van der Waals surface area contributed by atoms with E-state index in [0.29, 0.717) is 6.54 Å². The predicted octanol–water partition coefficient (Wildman–Crippen LogP) is 1.53. The van der Waals surface area contributed by atoms with E-state index in [1.54, 1.807) is 11.9 Å². The summed E-state index contributed by atoms with van der Waals surface area (Å²) in [5, 5.41) is 0. The highest BCUT2D eigenvalue weighted by atomic mass is 79.9. The lowest BCUT2D eigenvalue weighted by molar-refractivity contribution is 0.0778. The van der Waals surface area contributed by atoms with Crippen LogP contribution < -0.4 is 5.73 Å². The van der Waals surface area contributed by atoms with Crippen molar-refractivity contribution in [3.8, 4) is 0 Å². The van der Waals surface area contributed by atoms with Crippen molar-refractivity contribution in [2.45, 2.75) is 6.04 Å². The number of benzene rings is 1. The van der Waals surface area contributed by atoms with Crippen LogP contribution in [-0.2, 0) is 0 Å². The first kappa shape index (κ1) is 9.68. The SMILES string of the molecule is CN1C(=O)c2cc(Br)ccc2C1CN. The number of nitrogens with zero attached hydrogens (tertiary/aromatic N) is 1. The molecule has 2 N–H and O–H groups in total. The molecule has 1 amide bonds. The van der Waals surface area contributed by atoms with Gasteiger partial charge in [-0.05, 0) is 17.7 Å². The standard InChI is InChI=1S/C10H11BrN2O/c1-13-9(5-12)7-3-2-6(11)4-8(7)10(13)14/h2-4,9H,5,12H2,1H3. The van der Waals surface area contributed by atoms with E-state index < -0.39 is 0 Å². The molecule has 14 heavy (non-hydrogen) atoms. The van der Waals surface area contributed by atoms with Crippen molar-refractivity contribution in [3.63, 3.8) is 0 Å². The highest BCUT2D eigenvalue weighted by Gasteiger charge is 2.32. The molecule has 1 unspecified atom stereocenters. The van der Waals surface area contributed by atoms with E-state index in [0.717, 1.165) is 15.6 Å². The predicted molar refractivity (Wildman–Crippen MR) is 58.0 cm³/mol. The van der Waals surface area contributed by atoms with Crippen LogP contribution in [0.2, 0.25) is 0 Å². The maximum atomic E-state index is 11.8. The summed E-state index contributed by atoms with van der Waals surface area (Å²) in [6.45, 7) is 0.469.